The molecule has 474 valence electrons. The molecule has 0 aliphatic rings. The minimum atomic E-state index is -0.844. The molecule has 0 aromatic carbocycles. The van der Waals surface area contributed by atoms with Crippen molar-refractivity contribution in [2.45, 2.75) is 424 Å². The van der Waals surface area contributed by atoms with Gasteiger partial charge in [-0.05, 0) is 57.8 Å². The summed E-state index contributed by atoms with van der Waals surface area (Å²) in [7, 11) is 0. The molecule has 0 fully saturated rings. The number of carbonyl (C=O) groups excluding carboxylic acids is 2. The molecule has 0 spiro atoms. The second-order valence-corrected chi connectivity index (χ2v) is 25.3. The number of rotatable bonds is 69. The Morgan fingerprint density at radius 3 is 0.887 bits per heavy atom. The lowest BCUT2D eigenvalue weighted by atomic mass is 10.0. The van der Waals surface area contributed by atoms with Gasteiger partial charge in [-0.1, -0.05) is 366 Å². The fourth-order valence-corrected chi connectivity index (χ4v) is 11.6. The number of aliphatic hydroxyl groups excluding tert-OH is 2. The quantitative estimate of drug-likeness (QED) is 0.0320. The molecule has 0 aliphatic heterocycles. The van der Waals surface area contributed by atoms with Crippen molar-refractivity contribution in [3.05, 3.63) is 24.3 Å². The Morgan fingerprint density at radius 1 is 0.338 bits per heavy atom. The summed E-state index contributed by atoms with van der Waals surface area (Å²) >= 11 is 0. The van der Waals surface area contributed by atoms with Crippen molar-refractivity contribution in [2.75, 3.05) is 13.2 Å². The molecule has 80 heavy (non-hydrogen) atoms. The van der Waals surface area contributed by atoms with Crippen LogP contribution in [0, 0.1) is 0 Å². The van der Waals surface area contributed by atoms with Crippen LogP contribution in [0.15, 0.2) is 24.3 Å². The van der Waals surface area contributed by atoms with Crippen molar-refractivity contribution in [1.29, 1.82) is 0 Å². The van der Waals surface area contributed by atoms with Crippen molar-refractivity contribution < 1.29 is 24.5 Å². The summed E-state index contributed by atoms with van der Waals surface area (Å²) in [6.45, 7) is 4.95. The van der Waals surface area contributed by atoms with Gasteiger partial charge >= 0.3 is 5.97 Å². The van der Waals surface area contributed by atoms with Crippen LogP contribution in [0.4, 0.5) is 0 Å². The van der Waals surface area contributed by atoms with Crippen LogP contribution in [0.1, 0.15) is 412 Å². The fourth-order valence-electron chi connectivity index (χ4n) is 11.6. The molecule has 1 amide bonds. The van der Waals surface area contributed by atoms with Crippen LogP contribution >= 0.6 is 0 Å². The summed E-state index contributed by atoms with van der Waals surface area (Å²) in [5, 5.41) is 23.2. The summed E-state index contributed by atoms with van der Waals surface area (Å²) in [6.07, 6.45) is 88.4. The number of allylic oxidation sites excluding steroid dienone is 3. The molecule has 0 aromatic rings. The molecule has 0 aromatic heterocycles. The van der Waals surface area contributed by atoms with E-state index in [1.807, 2.05) is 6.08 Å². The van der Waals surface area contributed by atoms with Crippen molar-refractivity contribution in [3.8, 4) is 0 Å². The molecule has 0 bridgehead atoms. The number of amides is 1. The highest BCUT2D eigenvalue weighted by atomic mass is 16.5. The Morgan fingerprint density at radius 2 is 0.588 bits per heavy atom. The lowest BCUT2D eigenvalue weighted by Gasteiger charge is -2.20. The third kappa shape index (κ3) is 65.5. The van der Waals surface area contributed by atoms with Gasteiger partial charge in [0.05, 0.1) is 25.4 Å². The topological polar surface area (TPSA) is 95.9 Å². The predicted octanol–water partition coefficient (Wildman–Crippen LogP) is 23.7. The van der Waals surface area contributed by atoms with E-state index in [4.69, 9.17) is 4.74 Å². The smallest absolute Gasteiger partial charge is 0.305 e. The van der Waals surface area contributed by atoms with Gasteiger partial charge in [-0.15, -0.1) is 0 Å². The van der Waals surface area contributed by atoms with Crippen LogP contribution in [0.5, 0.6) is 0 Å². The van der Waals surface area contributed by atoms with Gasteiger partial charge in [-0.3, -0.25) is 9.59 Å². The largest absolute Gasteiger partial charge is 0.466 e. The molecule has 0 rings (SSSR count). The summed E-state index contributed by atoms with van der Waals surface area (Å²) in [5.41, 5.74) is 0. The molecule has 0 aliphatic carbocycles. The first-order valence-electron chi connectivity index (χ1n) is 36.6. The number of nitrogens with one attached hydrogen (secondary N) is 1. The fraction of sp³-hybridized carbons (Fsp3) is 0.919. The SMILES string of the molecule is CCCCCCCCCCCCCCCC/C=C/C(O)C(CO)NC(=O)CCCCCCCCCCCCCCC/C=C\CCCCCCCCCCCCCCOC(=O)CCCCCCCCCCCCCCCCCCCC. The number of hydrogen-bond donors (Lipinski definition) is 3. The highest BCUT2D eigenvalue weighted by Gasteiger charge is 2.18. The van der Waals surface area contributed by atoms with Crippen molar-refractivity contribution >= 4 is 11.9 Å². The van der Waals surface area contributed by atoms with Crippen molar-refractivity contribution in [1.82, 2.24) is 5.32 Å². The maximum atomic E-state index is 12.5. The van der Waals surface area contributed by atoms with Gasteiger partial charge in [0, 0.05) is 12.8 Å². The van der Waals surface area contributed by atoms with E-state index in [-0.39, 0.29) is 18.5 Å². The lowest BCUT2D eigenvalue weighted by Crippen LogP contribution is -2.45. The average Bonchev–Trinajstić information content (AvgIpc) is 3.46. The van der Waals surface area contributed by atoms with Crippen LogP contribution in [0.3, 0.4) is 0 Å². The second-order valence-electron chi connectivity index (χ2n) is 25.3. The van der Waals surface area contributed by atoms with E-state index in [9.17, 15) is 19.8 Å². The minimum absolute atomic E-state index is 0.0214. The summed E-state index contributed by atoms with van der Waals surface area (Å²) in [6, 6.07) is -0.627. The summed E-state index contributed by atoms with van der Waals surface area (Å²) in [5.74, 6) is -0.0428. The minimum Gasteiger partial charge on any atom is -0.466 e. The van der Waals surface area contributed by atoms with Gasteiger partial charge in [0.1, 0.15) is 0 Å². The average molecular weight is 1130 g/mol. The standard InChI is InChI=1S/C74H143NO5/c1-3-5-7-9-11-13-15-17-19-21-36-40-44-48-52-56-60-64-68-74(79)80-69-65-61-57-53-49-45-41-37-34-32-30-28-26-24-22-23-25-27-29-31-33-35-39-43-47-51-55-59-63-67-73(78)75-71(70-76)72(77)66-62-58-54-50-46-42-38-20-18-16-14-12-10-8-6-4-2/h22,24,62,66,71-72,76-77H,3-21,23,25-61,63-65,67-70H2,1-2H3,(H,75,78)/b24-22-,66-62+. The second kappa shape index (κ2) is 69.8. The zero-order chi connectivity index (χ0) is 57.8. The zero-order valence-electron chi connectivity index (χ0n) is 54.3. The Labute approximate surface area is 501 Å². The summed E-state index contributed by atoms with van der Waals surface area (Å²) < 4.78 is 5.51. The van der Waals surface area contributed by atoms with E-state index in [2.05, 4.69) is 31.3 Å². The molecule has 6 heteroatoms. The van der Waals surface area contributed by atoms with E-state index in [0.717, 1.165) is 38.5 Å². The van der Waals surface area contributed by atoms with Crippen molar-refractivity contribution in [2.24, 2.45) is 0 Å². The summed E-state index contributed by atoms with van der Waals surface area (Å²) in [4.78, 5) is 24.6. The van der Waals surface area contributed by atoms with Crippen LogP contribution < -0.4 is 5.32 Å². The highest BCUT2D eigenvalue weighted by molar-refractivity contribution is 5.76. The van der Waals surface area contributed by atoms with Gasteiger partial charge in [0.25, 0.3) is 0 Å². The Hall–Kier alpha value is -1.66. The normalized spacial score (nSPS) is 12.6. The van der Waals surface area contributed by atoms with Crippen LogP contribution in [-0.2, 0) is 14.3 Å². The van der Waals surface area contributed by atoms with Gasteiger partial charge in [-0.2, -0.15) is 0 Å². The van der Waals surface area contributed by atoms with E-state index in [0.29, 0.717) is 19.4 Å². The van der Waals surface area contributed by atoms with Gasteiger partial charge in [-0.25, -0.2) is 0 Å². The molecule has 2 atom stereocenters. The van der Waals surface area contributed by atoms with Gasteiger partial charge < -0.3 is 20.3 Å². The van der Waals surface area contributed by atoms with Gasteiger partial charge in [0.2, 0.25) is 5.91 Å². The predicted molar refractivity (Wildman–Crippen MR) is 352 cm³/mol. The molecule has 0 heterocycles. The lowest BCUT2D eigenvalue weighted by molar-refractivity contribution is -0.143. The first-order chi connectivity index (χ1) is 39.5. The third-order valence-electron chi connectivity index (χ3n) is 17.2. The molecule has 3 N–H and O–H groups in total. The van der Waals surface area contributed by atoms with E-state index in [1.165, 1.54) is 347 Å². The van der Waals surface area contributed by atoms with E-state index >= 15 is 0 Å². The molecule has 0 radical (unpaired) electrons. The van der Waals surface area contributed by atoms with E-state index < -0.39 is 12.1 Å². The Kier molecular flexibility index (Phi) is 68.4. The van der Waals surface area contributed by atoms with Crippen LogP contribution in [0.2, 0.25) is 0 Å². The maximum Gasteiger partial charge on any atom is 0.305 e. The number of carbonyl (C=O) groups is 2. The number of unbranched alkanes of at least 4 members (excludes halogenated alkanes) is 56. The number of ether oxygens (including phenoxy) is 1. The molecule has 2 unspecified atom stereocenters. The zero-order valence-corrected chi connectivity index (χ0v) is 54.3. The van der Waals surface area contributed by atoms with Crippen molar-refractivity contribution in [3.63, 3.8) is 0 Å². The van der Waals surface area contributed by atoms with Crippen LogP contribution in [-0.4, -0.2) is 47.4 Å². The Bertz CT molecular complexity index is 1250. The highest BCUT2D eigenvalue weighted by Crippen LogP contribution is 2.19. The number of aliphatic hydroxyl groups is 2. The third-order valence-corrected chi connectivity index (χ3v) is 17.2. The van der Waals surface area contributed by atoms with Gasteiger partial charge in [0.15, 0.2) is 0 Å². The molecule has 6 nitrogen and oxygen atoms in total. The molecule has 0 saturated heterocycles. The molecular formula is C74H143NO5. The number of hydrogen-bond acceptors (Lipinski definition) is 5. The van der Waals surface area contributed by atoms with E-state index in [1.54, 1.807) is 6.08 Å². The maximum absolute atomic E-state index is 12.5. The first-order valence-corrected chi connectivity index (χ1v) is 36.6. The monoisotopic (exact) mass is 1130 g/mol. The van der Waals surface area contributed by atoms with Crippen LogP contribution in [0.25, 0.3) is 0 Å². The molecular weight excluding hydrogens is 983 g/mol. The first kappa shape index (κ1) is 78.3. The molecule has 0 saturated carbocycles. The Balaban J connectivity index is 3.36. The number of esters is 1.